The SMILES string of the molecule is O=c1c2c(cnn2-c2cccc(Cl)c2)c(C2CC2)nn1CCc1ccccc1. The van der Waals surface area contributed by atoms with Gasteiger partial charge in [-0.15, -0.1) is 0 Å². The van der Waals surface area contributed by atoms with E-state index in [9.17, 15) is 4.79 Å². The van der Waals surface area contributed by atoms with Crippen molar-refractivity contribution in [3.63, 3.8) is 0 Å². The summed E-state index contributed by atoms with van der Waals surface area (Å²) in [5.74, 6) is 0.420. The first-order valence-electron chi connectivity index (χ1n) is 9.49. The predicted molar refractivity (Wildman–Crippen MR) is 110 cm³/mol. The van der Waals surface area contributed by atoms with Crippen molar-refractivity contribution in [3.05, 3.63) is 87.4 Å². The number of halogens is 1. The second-order valence-corrected chi connectivity index (χ2v) is 7.66. The van der Waals surface area contributed by atoms with Gasteiger partial charge in [-0.05, 0) is 43.0 Å². The molecular weight excluding hydrogens is 372 g/mol. The van der Waals surface area contributed by atoms with Gasteiger partial charge in [-0.2, -0.15) is 10.2 Å². The zero-order valence-electron chi connectivity index (χ0n) is 15.3. The third-order valence-corrected chi connectivity index (χ3v) is 5.42. The summed E-state index contributed by atoms with van der Waals surface area (Å²) in [6.07, 6.45) is 4.75. The van der Waals surface area contributed by atoms with Crippen molar-refractivity contribution in [1.82, 2.24) is 19.6 Å². The molecular formula is C22H19ClN4O. The summed E-state index contributed by atoms with van der Waals surface area (Å²) in [6, 6.07) is 17.6. The Kier molecular flexibility index (Phi) is 4.24. The maximum atomic E-state index is 13.3. The minimum absolute atomic E-state index is 0.118. The topological polar surface area (TPSA) is 52.7 Å². The normalized spacial score (nSPS) is 13.9. The predicted octanol–water partition coefficient (Wildman–Crippen LogP) is 4.36. The first-order chi connectivity index (χ1) is 13.7. The first kappa shape index (κ1) is 17.2. The van der Waals surface area contributed by atoms with Gasteiger partial charge < -0.3 is 0 Å². The number of hydrogen-bond donors (Lipinski definition) is 0. The number of benzene rings is 2. The van der Waals surface area contributed by atoms with E-state index in [-0.39, 0.29) is 5.56 Å². The largest absolute Gasteiger partial charge is 0.293 e. The van der Waals surface area contributed by atoms with Crippen LogP contribution in [0.25, 0.3) is 16.6 Å². The van der Waals surface area contributed by atoms with E-state index in [1.165, 1.54) is 5.56 Å². The Balaban J connectivity index is 1.64. The van der Waals surface area contributed by atoms with Gasteiger partial charge in [0.05, 0.1) is 17.6 Å². The number of nitrogens with zero attached hydrogens (tertiary/aromatic N) is 4. The van der Waals surface area contributed by atoms with Gasteiger partial charge in [0.2, 0.25) is 0 Å². The number of hydrogen-bond acceptors (Lipinski definition) is 3. The van der Waals surface area contributed by atoms with E-state index in [1.807, 2.05) is 42.5 Å². The highest BCUT2D eigenvalue weighted by Gasteiger charge is 2.30. The average Bonchev–Trinajstić information content (AvgIpc) is 3.46. The molecule has 5 nitrogen and oxygen atoms in total. The number of aryl methyl sites for hydroxylation is 2. The van der Waals surface area contributed by atoms with Gasteiger partial charge in [0, 0.05) is 22.9 Å². The molecule has 4 aromatic rings. The molecule has 140 valence electrons. The summed E-state index contributed by atoms with van der Waals surface area (Å²) in [6.45, 7) is 0.541. The quantitative estimate of drug-likeness (QED) is 0.509. The molecule has 1 fully saturated rings. The smallest absolute Gasteiger partial charge is 0.265 e. The average molecular weight is 391 g/mol. The highest BCUT2D eigenvalue weighted by molar-refractivity contribution is 6.30. The minimum atomic E-state index is -0.118. The Morgan fingerprint density at radius 2 is 1.89 bits per heavy atom. The summed E-state index contributed by atoms with van der Waals surface area (Å²) in [5.41, 5.74) is 3.41. The van der Waals surface area contributed by atoms with E-state index in [4.69, 9.17) is 16.7 Å². The molecule has 1 aliphatic carbocycles. The van der Waals surface area contributed by atoms with Gasteiger partial charge >= 0.3 is 0 Å². The van der Waals surface area contributed by atoms with E-state index >= 15 is 0 Å². The van der Waals surface area contributed by atoms with Crippen molar-refractivity contribution in [2.45, 2.75) is 31.7 Å². The van der Waals surface area contributed by atoms with E-state index < -0.39 is 0 Å². The third kappa shape index (κ3) is 3.12. The van der Waals surface area contributed by atoms with Crippen LogP contribution in [0.15, 0.2) is 65.6 Å². The monoisotopic (exact) mass is 390 g/mol. The van der Waals surface area contributed by atoms with E-state index in [2.05, 4.69) is 17.2 Å². The molecule has 28 heavy (non-hydrogen) atoms. The highest BCUT2D eigenvalue weighted by Crippen LogP contribution is 2.41. The van der Waals surface area contributed by atoms with Crippen molar-refractivity contribution in [2.75, 3.05) is 0 Å². The Morgan fingerprint density at radius 3 is 2.64 bits per heavy atom. The number of aromatic nitrogens is 4. The van der Waals surface area contributed by atoms with Crippen LogP contribution in [0.5, 0.6) is 0 Å². The fourth-order valence-electron chi connectivity index (χ4n) is 3.59. The molecule has 0 N–H and O–H groups in total. The van der Waals surface area contributed by atoms with Crippen molar-refractivity contribution < 1.29 is 0 Å². The molecule has 0 amide bonds. The second kappa shape index (κ2) is 6.91. The lowest BCUT2D eigenvalue weighted by Crippen LogP contribution is -2.27. The Hall–Kier alpha value is -2.92. The van der Waals surface area contributed by atoms with Crippen LogP contribution in [0.1, 0.15) is 30.0 Å². The van der Waals surface area contributed by atoms with Crippen molar-refractivity contribution >= 4 is 22.5 Å². The Morgan fingerprint density at radius 1 is 1.07 bits per heavy atom. The molecule has 2 heterocycles. The fraction of sp³-hybridized carbons (Fsp3) is 0.227. The molecule has 0 bridgehead atoms. The molecule has 1 saturated carbocycles. The molecule has 2 aromatic heterocycles. The highest BCUT2D eigenvalue weighted by atomic mass is 35.5. The van der Waals surface area contributed by atoms with Crippen LogP contribution in [-0.4, -0.2) is 19.6 Å². The molecule has 0 saturated heterocycles. The van der Waals surface area contributed by atoms with Crippen LogP contribution >= 0.6 is 11.6 Å². The molecule has 0 aliphatic heterocycles. The minimum Gasteiger partial charge on any atom is -0.265 e. The molecule has 1 aliphatic rings. The molecule has 2 aromatic carbocycles. The van der Waals surface area contributed by atoms with Gasteiger partial charge in [0.15, 0.2) is 0 Å². The summed E-state index contributed by atoms with van der Waals surface area (Å²) in [4.78, 5) is 13.3. The molecule has 5 rings (SSSR count). The van der Waals surface area contributed by atoms with E-state index in [0.29, 0.717) is 23.0 Å². The van der Waals surface area contributed by atoms with Crippen LogP contribution in [0.3, 0.4) is 0 Å². The van der Waals surface area contributed by atoms with Gasteiger partial charge in [0.1, 0.15) is 5.52 Å². The summed E-state index contributed by atoms with van der Waals surface area (Å²) >= 11 is 6.16. The maximum absolute atomic E-state index is 13.3. The van der Waals surface area contributed by atoms with Crippen molar-refractivity contribution in [2.24, 2.45) is 0 Å². The van der Waals surface area contributed by atoms with Crippen LogP contribution in [0.4, 0.5) is 0 Å². The number of fused-ring (bicyclic) bond motifs is 1. The van der Waals surface area contributed by atoms with E-state index in [1.54, 1.807) is 15.6 Å². The van der Waals surface area contributed by atoms with Gasteiger partial charge in [-0.1, -0.05) is 48.0 Å². The van der Waals surface area contributed by atoms with Crippen LogP contribution in [0.2, 0.25) is 5.02 Å². The summed E-state index contributed by atoms with van der Waals surface area (Å²) < 4.78 is 3.29. The van der Waals surface area contributed by atoms with Crippen LogP contribution < -0.4 is 5.56 Å². The van der Waals surface area contributed by atoms with Crippen LogP contribution in [0, 0.1) is 0 Å². The third-order valence-electron chi connectivity index (χ3n) is 5.18. The van der Waals surface area contributed by atoms with Crippen molar-refractivity contribution in [3.8, 4) is 5.69 Å². The zero-order valence-corrected chi connectivity index (χ0v) is 16.0. The summed E-state index contributed by atoms with van der Waals surface area (Å²) in [7, 11) is 0. The molecule has 0 unspecified atom stereocenters. The molecule has 0 radical (unpaired) electrons. The van der Waals surface area contributed by atoms with Crippen LogP contribution in [-0.2, 0) is 13.0 Å². The van der Waals surface area contributed by atoms with Gasteiger partial charge in [0.25, 0.3) is 5.56 Å². The molecule has 0 spiro atoms. The number of rotatable bonds is 5. The zero-order chi connectivity index (χ0) is 19.1. The second-order valence-electron chi connectivity index (χ2n) is 7.22. The fourth-order valence-corrected chi connectivity index (χ4v) is 3.77. The Bertz CT molecular complexity index is 1210. The Labute approximate surface area is 167 Å². The first-order valence-corrected chi connectivity index (χ1v) is 9.87. The standard InChI is InChI=1S/C22H19ClN4O/c23-17-7-4-8-18(13-17)27-21-19(14-24-27)20(16-9-10-16)25-26(22(21)28)12-11-15-5-2-1-3-6-15/h1-8,13-14,16H,9-12H2. The summed E-state index contributed by atoms with van der Waals surface area (Å²) in [5, 5.41) is 10.7. The maximum Gasteiger partial charge on any atom is 0.293 e. The lowest BCUT2D eigenvalue weighted by molar-refractivity contribution is 0.570. The van der Waals surface area contributed by atoms with Gasteiger partial charge in [-0.25, -0.2) is 9.36 Å². The van der Waals surface area contributed by atoms with Gasteiger partial charge in [-0.3, -0.25) is 4.79 Å². The van der Waals surface area contributed by atoms with E-state index in [0.717, 1.165) is 36.0 Å². The molecule has 0 atom stereocenters. The lowest BCUT2D eigenvalue weighted by atomic mass is 10.1. The van der Waals surface area contributed by atoms with Crippen molar-refractivity contribution in [1.29, 1.82) is 0 Å². The molecule has 6 heteroatoms. The lowest BCUT2D eigenvalue weighted by Gasteiger charge is -2.10.